The van der Waals surface area contributed by atoms with E-state index in [4.69, 9.17) is 14.2 Å². The van der Waals surface area contributed by atoms with Crippen LogP contribution in [0.3, 0.4) is 0 Å². The molecule has 2 aliphatic rings. The van der Waals surface area contributed by atoms with Crippen molar-refractivity contribution in [1.82, 2.24) is 0 Å². The highest BCUT2D eigenvalue weighted by molar-refractivity contribution is 5.92. The molecule has 0 spiro atoms. The Morgan fingerprint density at radius 1 is 1.34 bits per heavy atom. The Morgan fingerprint density at radius 2 is 2.03 bits per heavy atom. The van der Waals surface area contributed by atoms with Crippen LogP contribution in [0.15, 0.2) is 35.5 Å². The molecule has 0 amide bonds. The van der Waals surface area contributed by atoms with Gasteiger partial charge in [-0.25, -0.2) is 9.59 Å². The maximum atomic E-state index is 12.7. The number of carbonyl (C=O) groups excluding carboxylic acids is 4. The summed E-state index contributed by atoms with van der Waals surface area (Å²) in [6.07, 6.45) is 3.06. The first-order chi connectivity index (χ1) is 13.6. The van der Waals surface area contributed by atoms with Gasteiger partial charge >= 0.3 is 17.9 Å². The van der Waals surface area contributed by atoms with Crippen molar-refractivity contribution in [1.29, 1.82) is 0 Å². The number of carbonyl (C=O) groups is 4. The van der Waals surface area contributed by atoms with E-state index in [1.807, 2.05) is 13.0 Å². The predicted octanol–water partition coefficient (Wildman–Crippen LogP) is 2.84. The van der Waals surface area contributed by atoms with Crippen molar-refractivity contribution < 1.29 is 33.4 Å². The van der Waals surface area contributed by atoms with Gasteiger partial charge in [0.25, 0.3) is 0 Å². The van der Waals surface area contributed by atoms with E-state index in [-0.39, 0.29) is 35.9 Å². The molecule has 0 aromatic carbocycles. The van der Waals surface area contributed by atoms with Crippen molar-refractivity contribution in [3.05, 3.63) is 35.5 Å². The second-order valence-corrected chi connectivity index (χ2v) is 7.59. The molecular formula is C22H28O7. The SMILES string of the molecule is C=C1C(=O)OC2CC(C)C(=O)CC=C(C)CC(OC(=O)C(=CC)COC(C)=O)C12. The summed E-state index contributed by atoms with van der Waals surface area (Å²) in [6, 6.07) is 0. The first kappa shape index (κ1) is 22.6. The zero-order valence-corrected chi connectivity index (χ0v) is 17.4. The molecule has 0 saturated carbocycles. The number of hydrogen-bond acceptors (Lipinski definition) is 7. The monoisotopic (exact) mass is 404 g/mol. The van der Waals surface area contributed by atoms with E-state index in [2.05, 4.69) is 6.58 Å². The van der Waals surface area contributed by atoms with Crippen LogP contribution in [0.2, 0.25) is 0 Å². The summed E-state index contributed by atoms with van der Waals surface area (Å²) in [5.41, 5.74) is 1.32. The number of ketones is 1. The summed E-state index contributed by atoms with van der Waals surface area (Å²) in [6.45, 7) is 10.2. The van der Waals surface area contributed by atoms with Crippen LogP contribution in [0, 0.1) is 11.8 Å². The average Bonchev–Trinajstić information content (AvgIpc) is 2.92. The van der Waals surface area contributed by atoms with Crippen LogP contribution < -0.4 is 0 Å². The van der Waals surface area contributed by atoms with E-state index in [0.717, 1.165) is 5.57 Å². The van der Waals surface area contributed by atoms with Gasteiger partial charge in [0.05, 0.1) is 11.5 Å². The van der Waals surface area contributed by atoms with Gasteiger partial charge in [-0.2, -0.15) is 0 Å². The Hall–Kier alpha value is -2.70. The molecule has 158 valence electrons. The number of fused-ring (bicyclic) bond motifs is 1. The Bertz CT molecular complexity index is 774. The predicted molar refractivity (Wildman–Crippen MR) is 105 cm³/mol. The fourth-order valence-electron chi connectivity index (χ4n) is 3.56. The zero-order chi connectivity index (χ0) is 21.7. The summed E-state index contributed by atoms with van der Waals surface area (Å²) in [5.74, 6) is -2.43. The molecule has 0 aromatic rings. The Kier molecular flexibility index (Phi) is 7.53. The highest BCUT2D eigenvalue weighted by Crippen LogP contribution is 2.38. The van der Waals surface area contributed by atoms with Gasteiger partial charge < -0.3 is 14.2 Å². The third-order valence-corrected chi connectivity index (χ3v) is 5.33. The molecule has 4 unspecified atom stereocenters. The van der Waals surface area contributed by atoms with Gasteiger partial charge in [0, 0.05) is 31.3 Å². The number of ether oxygens (including phenoxy) is 3. The summed E-state index contributed by atoms with van der Waals surface area (Å²) < 4.78 is 16.1. The van der Waals surface area contributed by atoms with Crippen molar-refractivity contribution >= 4 is 23.7 Å². The van der Waals surface area contributed by atoms with Gasteiger partial charge in [0.15, 0.2) is 0 Å². The molecule has 1 heterocycles. The number of esters is 3. The minimum atomic E-state index is -0.685. The molecule has 0 N–H and O–H groups in total. The molecule has 29 heavy (non-hydrogen) atoms. The van der Waals surface area contributed by atoms with E-state index in [1.165, 1.54) is 13.0 Å². The summed E-state index contributed by atoms with van der Waals surface area (Å²) >= 11 is 0. The molecular weight excluding hydrogens is 376 g/mol. The largest absolute Gasteiger partial charge is 0.461 e. The van der Waals surface area contributed by atoms with E-state index in [1.54, 1.807) is 13.8 Å². The van der Waals surface area contributed by atoms with Crippen LogP contribution in [-0.2, 0) is 33.4 Å². The zero-order valence-electron chi connectivity index (χ0n) is 17.4. The highest BCUT2D eigenvalue weighted by Gasteiger charge is 2.46. The fourth-order valence-corrected chi connectivity index (χ4v) is 3.56. The van der Waals surface area contributed by atoms with Crippen molar-refractivity contribution in [2.24, 2.45) is 11.8 Å². The van der Waals surface area contributed by atoms with Crippen LogP contribution in [0.5, 0.6) is 0 Å². The number of rotatable bonds is 4. The molecule has 1 aliphatic heterocycles. The molecule has 1 fully saturated rings. The van der Waals surface area contributed by atoms with Crippen LogP contribution in [0.1, 0.15) is 47.0 Å². The molecule has 7 heteroatoms. The lowest BCUT2D eigenvalue weighted by Gasteiger charge is -2.29. The van der Waals surface area contributed by atoms with Gasteiger partial charge in [-0.15, -0.1) is 0 Å². The molecule has 0 bridgehead atoms. The molecule has 2 rings (SSSR count). The van der Waals surface area contributed by atoms with Crippen molar-refractivity contribution in [3.8, 4) is 0 Å². The first-order valence-electron chi connectivity index (χ1n) is 9.71. The van der Waals surface area contributed by atoms with Crippen LogP contribution in [0.4, 0.5) is 0 Å². The Labute approximate surface area is 170 Å². The minimum absolute atomic E-state index is 0.0738. The lowest BCUT2D eigenvalue weighted by atomic mass is 9.81. The maximum absolute atomic E-state index is 12.7. The van der Waals surface area contributed by atoms with Gasteiger partial charge in [0.2, 0.25) is 0 Å². The summed E-state index contributed by atoms with van der Waals surface area (Å²) in [5, 5.41) is 0. The quantitative estimate of drug-likeness (QED) is 0.308. The summed E-state index contributed by atoms with van der Waals surface area (Å²) in [4.78, 5) is 48.2. The van der Waals surface area contributed by atoms with Crippen molar-refractivity contribution in [2.45, 2.75) is 59.2 Å². The molecule has 0 aromatic heterocycles. The molecule has 7 nitrogen and oxygen atoms in total. The van der Waals surface area contributed by atoms with E-state index >= 15 is 0 Å². The van der Waals surface area contributed by atoms with Gasteiger partial charge in [0.1, 0.15) is 24.6 Å². The minimum Gasteiger partial charge on any atom is -0.461 e. The molecule has 1 saturated heterocycles. The first-order valence-corrected chi connectivity index (χ1v) is 9.71. The second-order valence-electron chi connectivity index (χ2n) is 7.59. The number of allylic oxidation sites excluding steroid dienone is 2. The van der Waals surface area contributed by atoms with Gasteiger partial charge in [-0.3, -0.25) is 9.59 Å². The Morgan fingerprint density at radius 3 is 2.66 bits per heavy atom. The average molecular weight is 404 g/mol. The van der Waals surface area contributed by atoms with Crippen LogP contribution >= 0.6 is 0 Å². The third-order valence-electron chi connectivity index (χ3n) is 5.33. The van der Waals surface area contributed by atoms with Crippen molar-refractivity contribution in [3.63, 3.8) is 0 Å². The topological polar surface area (TPSA) is 96.0 Å². The van der Waals surface area contributed by atoms with E-state index in [9.17, 15) is 19.2 Å². The second kappa shape index (κ2) is 9.67. The highest BCUT2D eigenvalue weighted by atomic mass is 16.6. The normalized spacial score (nSPS) is 28.2. The third kappa shape index (κ3) is 5.65. The smallest absolute Gasteiger partial charge is 0.337 e. The van der Waals surface area contributed by atoms with Gasteiger partial charge in [-0.05, 0) is 20.3 Å². The molecule has 4 atom stereocenters. The standard InChI is InChI=1S/C22H28O7/c1-6-16(11-27-15(5)23)22(26)29-18-9-12(2)7-8-17(24)13(3)10-19-20(18)14(4)21(25)28-19/h6-7,13,18-20H,4,8-11H2,1-3,5H3. The lowest BCUT2D eigenvalue weighted by molar-refractivity contribution is -0.150. The molecule has 1 aliphatic carbocycles. The van der Waals surface area contributed by atoms with Crippen LogP contribution in [0.25, 0.3) is 0 Å². The number of Topliss-reactive ketones (excluding diaryl/α,β-unsaturated/α-hetero) is 1. The Balaban J connectivity index is 2.31. The molecule has 0 radical (unpaired) electrons. The van der Waals surface area contributed by atoms with Gasteiger partial charge in [-0.1, -0.05) is 31.2 Å². The van der Waals surface area contributed by atoms with Crippen LogP contribution in [-0.4, -0.2) is 42.5 Å². The van der Waals surface area contributed by atoms with E-state index in [0.29, 0.717) is 12.8 Å². The lowest BCUT2D eigenvalue weighted by Crippen LogP contribution is -2.36. The maximum Gasteiger partial charge on any atom is 0.337 e. The van der Waals surface area contributed by atoms with E-state index < -0.39 is 36.0 Å². The number of hydrogen-bond donors (Lipinski definition) is 0. The van der Waals surface area contributed by atoms with Crippen molar-refractivity contribution in [2.75, 3.05) is 6.61 Å². The summed E-state index contributed by atoms with van der Waals surface area (Å²) in [7, 11) is 0. The fraction of sp³-hybridized carbons (Fsp3) is 0.545.